The fourth-order valence-electron chi connectivity index (χ4n) is 2.03. The normalized spacial score (nSPS) is 11.0. The van der Waals surface area contributed by atoms with E-state index in [2.05, 4.69) is 0 Å². The number of nitrogens with one attached hydrogen (secondary N) is 1. The zero-order chi connectivity index (χ0) is 17.4. The summed E-state index contributed by atoms with van der Waals surface area (Å²) >= 11 is 0. The van der Waals surface area contributed by atoms with Crippen molar-refractivity contribution in [2.24, 2.45) is 5.73 Å². The number of hydrogen-bond acceptors (Lipinski definition) is 2. The highest BCUT2D eigenvalue weighted by atomic mass is 19.1. The quantitative estimate of drug-likeness (QED) is 0.499. The van der Waals surface area contributed by atoms with Gasteiger partial charge in [0, 0.05) is 11.8 Å². The van der Waals surface area contributed by atoms with Gasteiger partial charge in [-0.3, -0.25) is 4.79 Å². The number of halogens is 2. The van der Waals surface area contributed by atoms with E-state index in [1.165, 1.54) is 36.4 Å². The molecule has 2 aromatic rings. The van der Waals surface area contributed by atoms with Gasteiger partial charge in [-0.25, -0.2) is 8.78 Å². The second-order valence-electron chi connectivity index (χ2n) is 4.32. The zero-order valence-electron chi connectivity index (χ0n) is 12.9. The van der Waals surface area contributed by atoms with Crippen LogP contribution in [0, 0.1) is 17.0 Å². The maximum atomic E-state index is 13.3. The third kappa shape index (κ3) is 4.57. The van der Waals surface area contributed by atoms with Crippen molar-refractivity contribution < 1.29 is 13.6 Å². The minimum Gasteiger partial charge on any atom is -0.366 e. The third-order valence-electron chi connectivity index (χ3n) is 2.91. The summed E-state index contributed by atoms with van der Waals surface area (Å²) in [6.45, 7) is 4.00. The first kappa shape index (κ1) is 18.2. The number of amides is 1. The molecule has 0 aromatic heterocycles. The van der Waals surface area contributed by atoms with Gasteiger partial charge < -0.3 is 11.1 Å². The number of rotatable bonds is 4. The molecule has 2 aromatic carbocycles. The molecule has 120 valence electrons. The molecule has 0 spiro atoms. The second kappa shape index (κ2) is 8.58. The van der Waals surface area contributed by atoms with Crippen LogP contribution in [0.2, 0.25) is 0 Å². The molecule has 0 atom stereocenters. The maximum absolute atomic E-state index is 13.3. The van der Waals surface area contributed by atoms with E-state index in [9.17, 15) is 13.6 Å². The first-order chi connectivity index (χ1) is 11.0. The molecule has 23 heavy (non-hydrogen) atoms. The molecule has 1 amide bonds. The van der Waals surface area contributed by atoms with Gasteiger partial charge in [0.25, 0.3) is 0 Å². The molecule has 0 fully saturated rings. The molecule has 0 unspecified atom stereocenters. The highest BCUT2D eigenvalue weighted by Crippen LogP contribution is 2.26. The molecule has 3 N–H and O–H groups in total. The zero-order valence-corrected chi connectivity index (χ0v) is 12.9. The summed E-state index contributed by atoms with van der Waals surface area (Å²) in [7, 11) is 0. The predicted octanol–water partition coefficient (Wildman–Crippen LogP) is 4.04. The Labute approximate surface area is 134 Å². The van der Waals surface area contributed by atoms with Crippen LogP contribution in [-0.4, -0.2) is 12.1 Å². The Hall–Kier alpha value is -2.82. The number of hydrogen-bond donors (Lipinski definition) is 2. The second-order valence-corrected chi connectivity index (χ2v) is 4.32. The highest BCUT2D eigenvalue weighted by molar-refractivity contribution is 6.35. The fraction of sp³-hybridized carbons (Fsp3) is 0.111. The third-order valence-corrected chi connectivity index (χ3v) is 2.91. The van der Waals surface area contributed by atoms with Crippen molar-refractivity contribution in [1.82, 2.24) is 0 Å². The fourth-order valence-corrected chi connectivity index (χ4v) is 2.03. The minimum absolute atomic E-state index is 0.0323. The molecular formula is C18H18F2N2O. The molecule has 2 rings (SSSR count). The summed E-state index contributed by atoms with van der Waals surface area (Å²) in [6.07, 6.45) is 0.903. The lowest BCUT2D eigenvalue weighted by atomic mass is 9.94. The number of primary amides is 1. The van der Waals surface area contributed by atoms with Gasteiger partial charge in [0.05, 0.1) is 5.57 Å². The van der Waals surface area contributed by atoms with Crippen LogP contribution in [0.5, 0.6) is 0 Å². The van der Waals surface area contributed by atoms with Crippen LogP contribution in [0.3, 0.4) is 0 Å². The van der Waals surface area contributed by atoms with Gasteiger partial charge >= 0.3 is 0 Å². The first-order valence-corrected chi connectivity index (χ1v) is 7.09. The van der Waals surface area contributed by atoms with E-state index in [0.29, 0.717) is 5.56 Å². The van der Waals surface area contributed by atoms with E-state index in [1.807, 2.05) is 13.8 Å². The van der Waals surface area contributed by atoms with Crippen molar-refractivity contribution >= 4 is 23.3 Å². The minimum atomic E-state index is -0.816. The molecule has 0 aliphatic heterocycles. The van der Waals surface area contributed by atoms with Gasteiger partial charge in [-0.1, -0.05) is 38.1 Å². The monoisotopic (exact) mass is 316 g/mol. The molecule has 0 saturated heterocycles. The Morgan fingerprint density at radius 3 is 1.91 bits per heavy atom. The SMILES string of the molecule is CC.N=C/C(=C(\C(N)=O)c1cccc(F)c1)c1cccc(F)c1. The lowest BCUT2D eigenvalue weighted by Gasteiger charge is -2.10. The van der Waals surface area contributed by atoms with E-state index in [0.717, 1.165) is 12.3 Å². The Bertz CT molecular complexity index is 739. The molecule has 0 heterocycles. The van der Waals surface area contributed by atoms with E-state index >= 15 is 0 Å². The molecule has 5 heteroatoms. The summed E-state index contributed by atoms with van der Waals surface area (Å²) < 4.78 is 26.7. The largest absolute Gasteiger partial charge is 0.366 e. The van der Waals surface area contributed by atoms with Crippen molar-refractivity contribution in [3.8, 4) is 0 Å². The lowest BCUT2D eigenvalue weighted by molar-refractivity contribution is -0.112. The standard InChI is InChI=1S/C16H12F2N2O.C2H6/c17-12-5-1-3-10(7-12)14(9-19)15(16(20)21)11-4-2-6-13(18)8-11;1-2/h1-9,19H,(H2,20,21);1-2H3/b15-14+,19-9?;. The van der Waals surface area contributed by atoms with E-state index in [1.54, 1.807) is 6.07 Å². The Morgan fingerprint density at radius 2 is 1.48 bits per heavy atom. The topological polar surface area (TPSA) is 66.9 Å². The Kier molecular flexibility index (Phi) is 6.80. The van der Waals surface area contributed by atoms with Crippen molar-refractivity contribution in [3.05, 3.63) is 71.3 Å². The molecular weight excluding hydrogens is 298 g/mol. The molecule has 0 aliphatic rings. The predicted molar refractivity (Wildman–Crippen MR) is 88.9 cm³/mol. The molecule has 3 nitrogen and oxygen atoms in total. The van der Waals surface area contributed by atoms with Crippen LogP contribution in [0.1, 0.15) is 25.0 Å². The van der Waals surface area contributed by atoms with Crippen molar-refractivity contribution in [1.29, 1.82) is 5.41 Å². The van der Waals surface area contributed by atoms with Crippen LogP contribution in [0.15, 0.2) is 48.5 Å². The van der Waals surface area contributed by atoms with E-state index in [-0.39, 0.29) is 16.7 Å². The van der Waals surface area contributed by atoms with Crippen LogP contribution >= 0.6 is 0 Å². The number of carbonyl (C=O) groups excluding carboxylic acids is 1. The van der Waals surface area contributed by atoms with E-state index < -0.39 is 17.5 Å². The van der Waals surface area contributed by atoms with Gasteiger partial charge in [-0.15, -0.1) is 0 Å². The average Bonchev–Trinajstić information content (AvgIpc) is 2.54. The summed E-state index contributed by atoms with van der Waals surface area (Å²) in [5.41, 5.74) is 6.02. The summed E-state index contributed by atoms with van der Waals surface area (Å²) in [4.78, 5) is 11.7. The first-order valence-electron chi connectivity index (χ1n) is 7.09. The van der Waals surface area contributed by atoms with E-state index in [4.69, 9.17) is 11.1 Å². The number of carbonyl (C=O) groups is 1. The molecule has 0 aliphatic carbocycles. The number of allylic oxidation sites excluding steroid dienone is 1. The summed E-state index contributed by atoms with van der Waals surface area (Å²) in [6, 6.07) is 10.7. The van der Waals surface area contributed by atoms with Gasteiger partial charge in [-0.2, -0.15) is 0 Å². The van der Waals surface area contributed by atoms with Gasteiger partial charge in [0.1, 0.15) is 11.6 Å². The average molecular weight is 316 g/mol. The van der Waals surface area contributed by atoms with Crippen LogP contribution in [0.25, 0.3) is 11.1 Å². The summed E-state index contributed by atoms with van der Waals surface area (Å²) in [5, 5.41) is 7.49. The van der Waals surface area contributed by atoms with Crippen LogP contribution in [0.4, 0.5) is 8.78 Å². The number of nitrogens with two attached hydrogens (primary N) is 1. The highest BCUT2D eigenvalue weighted by Gasteiger charge is 2.16. The van der Waals surface area contributed by atoms with Crippen LogP contribution < -0.4 is 5.73 Å². The Morgan fingerprint density at radius 1 is 1.00 bits per heavy atom. The molecule has 0 radical (unpaired) electrons. The number of benzene rings is 2. The van der Waals surface area contributed by atoms with Crippen molar-refractivity contribution in [2.45, 2.75) is 13.8 Å². The smallest absolute Gasteiger partial charge is 0.249 e. The molecule has 0 saturated carbocycles. The Balaban J connectivity index is 0.00000127. The maximum Gasteiger partial charge on any atom is 0.249 e. The van der Waals surface area contributed by atoms with Gasteiger partial charge in [0.2, 0.25) is 5.91 Å². The van der Waals surface area contributed by atoms with Gasteiger partial charge in [-0.05, 0) is 35.4 Å². The lowest BCUT2D eigenvalue weighted by Crippen LogP contribution is -2.15. The van der Waals surface area contributed by atoms with Crippen LogP contribution in [-0.2, 0) is 4.79 Å². The molecule has 0 bridgehead atoms. The van der Waals surface area contributed by atoms with Crippen molar-refractivity contribution in [3.63, 3.8) is 0 Å². The van der Waals surface area contributed by atoms with Crippen molar-refractivity contribution in [2.75, 3.05) is 0 Å². The summed E-state index contributed by atoms with van der Waals surface area (Å²) in [5.74, 6) is -1.85. The van der Waals surface area contributed by atoms with Gasteiger partial charge in [0.15, 0.2) is 0 Å².